The average Bonchev–Trinajstić information content (AvgIpc) is 2.79. The first-order valence-corrected chi connectivity index (χ1v) is 6.95. The van der Waals surface area contributed by atoms with E-state index in [1.807, 2.05) is 20.8 Å². The summed E-state index contributed by atoms with van der Waals surface area (Å²) in [6.07, 6.45) is -0.0822. The molecule has 0 bridgehead atoms. The highest BCUT2D eigenvalue weighted by atomic mass is 32.1. The Balaban J connectivity index is 2.22. The minimum Gasteiger partial charge on any atom is -0.481 e. The maximum Gasteiger partial charge on any atom is 0.307 e. The lowest BCUT2D eigenvalue weighted by Crippen LogP contribution is -2.13. The molecule has 0 unspecified atom stereocenters. The predicted octanol–water partition coefficient (Wildman–Crippen LogP) is 3.26. The van der Waals surface area contributed by atoms with Crippen LogP contribution in [0.2, 0.25) is 0 Å². The van der Waals surface area contributed by atoms with Gasteiger partial charge in [-0.2, -0.15) is 9.36 Å². The number of ether oxygens (including phenoxy) is 1. The SMILES string of the molecule is CC(C)(C)c1nsc(Oc2ccccc2CC(=O)O)n1. The van der Waals surface area contributed by atoms with Crippen LogP contribution in [0.4, 0.5) is 0 Å². The second-order valence-electron chi connectivity index (χ2n) is 5.41. The third-order valence-corrected chi connectivity index (χ3v) is 3.18. The third-order valence-electron chi connectivity index (χ3n) is 2.59. The summed E-state index contributed by atoms with van der Waals surface area (Å²) < 4.78 is 9.93. The third kappa shape index (κ3) is 3.54. The Morgan fingerprint density at radius 1 is 1.35 bits per heavy atom. The molecule has 0 atom stereocenters. The molecule has 1 aromatic carbocycles. The molecule has 1 N–H and O–H groups in total. The Morgan fingerprint density at radius 3 is 2.65 bits per heavy atom. The lowest BCUT2D eigenvalue weighted by molar-refractivity contribution is -0.136. The van der Waals surface area contributed by atoms with Gasteiger partial charge in [0.15, 0.2) is 5.82 Å². The molecule has 0 radical (unpaired) electrons. The number of hydrogen-bond donors (Lipinski definition) is 1. The van der Waals surface area contributed by atoms with Crippen molar-refractivity contribution < 1.29 is 14.6 Å². The second kappa shape index (κ2) is 5.58. The molecular weight excluding hydrogens is 276 g/mol. The van der Waals surface area contributed by atoms with Gasteiger partial charge in [-0.15, -0.1) is 0 Å². The van der Waals surface area contributed by atoms with Crippen LogP contribution in [-0.4, -0.2) is 20.4 Å². The van der Waals surface area contributed by atoms with Gasteiger partial charge in [-0.05, 0) is 6.07 Å². The molecule has 0 fully saturated rings. The summed E-state index contributed by atoms with van der Waals surface area (Å²) in [4.78, 5) is 15.2. The first kappa shape index (κ1) is 14.5. The standard InChI is InChI=1S/C14H16N2O3S/c1-14(2,3)12-15-13(20-16-12)19-10-7-5-4-6-9(10)8-11(17)18/h4-7H,8H2,1-3H3,(H,17,18). The van der Waals surface area contributed by atoms with Gasteiger partial charge in [-0.3, -0.25) is 4.79 Å². The van der Waals surface area contributed by atoms with E-state index in [0.29, 0.717) is 22.3 Å². The van der Waals surface area contributed by atoms with Crippen molar-refractivity contribution in [1.29, 1.82) is 0 Å². The molecule has 0 saturated carbocycles. The molecule has 6 heteroatoms. The number of aromatic nitrogens is 2. The van der Waals surface area contributed by atoms with Gasteiger partial charge in [-0.1, -0.05) is 39.0 Å². The zero-order chi connectivity index (χ0) is 14.8. The number of carboxylic acid groups (broad SMARTS) is 1. The van der Waals surface area contributed by atoms with Crippen molar-refractivity contribution in [3.63, 3.8) is 0 Å². The highest BCUT2D eigenvalue weighted by Gasteiger charge is 2.20. The predicted molar refractivity (Wildman–Crippen MR) is 76.5 cm³/mol. The second-order valence-corrected chi connectivity index (χ2v) is 6.13. The lowest BCUT2D eigenvalue weighted by atomic mass is 9.96. The number of benzene rings is 1. The summed E-state index contributed by atoms with van der Waals surface area (Å²) in [5.41, 5.74) is 0.478. The zero-order valence-corrected chi connectivity index (χ0v) is 12.4. The van der Waals surface area contributed by atoms with Gasteiger partial charge < -0.3 is 9.84 Å². The maximum absolute atomic E-state index is 10.8. The highest BCUT2D eigenvalue weighted by Crippen LogP contribution is 2.29. The topological polar surface area (TPSA) is 72.3 Å². The molecule has 0 aliphatic rings. The van der Waals surface area contributed by atoms with Crippen LogP contribution in [0.1, 0.15) is 32.2 Å². The molecule has 106 valence electrons. The Bertz CT molecular complexity index is 617. The van der Waals surface area contributed by atoms with Crippen molar-refractivity contribution in [2.45, 2.75) is 32.6 Å². The number of rotatable bonds is 4. The molecule has 0 spiro atoms. The summed E-state index contributed by atoms with van der Waals surface area (Å²) in [5.74, 6) is 0.327. The van der Waals surface area contributed by atoms with Gasteiger partial charge in [-0.25, -0.2) is 0 Å². The molecule has 1 aromatic heterocycles. The average molecular weight is 292 g/mol. The monoisotopic (exact) mass is 292 g/mol. The quantitative estimate of drug-likeness (QED) is 0.936. The van der Waals surface area contributed by atoms with Gasteiger partial charge in [0.2, 0.25) is 0 Å². The molecule has 1 heterocycles. The van der Waals surface area contributed by atoms with Crippen molar-refractivity contribution in [2.75, 3.05) is 0 Å². The smallest absolute Gasteiger partial charge is 0.307 e. The Kier molecular flexibility index (Phi) is 4.04. The molecular formula is C14H16N2O3S. The Morgan fingerprint density at radius 2 is 2.05 bits per heavy atom. The van der Waals surface area contributed by atoms with Gasteiger partial charge >= 0.3 is 5.97 Å². The minimum atomic E-state index is -0.895. The Hall–Kier alpha value is -1.95. The van der Waals surface area contributed by atoms with Crippen LogP contribution in [0, 0.1) is 0 Å². The van der Waals surface area contributed by atoms with E-state index in [9.17, 15) is 4.79 Å². The molecule has 2 aromatic rings. The van der Waals surface area contributed by atoms with Crippen LogP contribution in [0.5, 0.6) is 10.9 Å². The number of para-hydroxylation sites is 1. The molecule has 2 rings (SSSR count). The van der Waals surface area contributed by atoms with E-state index >= 15 is 0 Å². The van der Waals surface area contributed by atoms with Crippen molar-refractivity contribution in [1.82, 2.24) is 9.36 Å². The minimum absolute atomic E-state index is 0.0822. The zero-order valence-electron chi connectivity index (χ0n) is 11.6. The van der Waals surface area contributed by atoms with E-state index in [2.05, 4.69) is 9.36 Å². The number of aliphatic carboxylic acids is 1. The summed E-state index contributed by atoms with van der Waals surface area (Å²) >= 11 is 1.17. The van der Waals surface area contributed by atoms with Crippen LogP contribution < -0.4 is 4.74 Å². The van der Waals surface area contributed by atoms with Crippen molar-refractivity contribution in [3.05, 3.63) is 35.7 Å². The van der Waals surface area contributed by atoms with E-state index in [4.69, 9.17) is 9.84 Å². The summed E-state index contributed by atoms with van der Waals surface area (Å²) in [6, 6.07) is 7.05. The summed E-state index contributed by atoms with van der Waals surface area (Å²) in [6.45, 7) is 6.08. The van der Waals surface area contributed by atoms with Crippen LogP contribution >= 0.6 is 11.5 Å². The fourth-order valence-electron chi connectivity index (χ4n) is 1.56. The van der Waals surface area contributed by atoms with Crippen LogP contribution in [-0.2, 0) is 16.6 Å². The van der Waals surface area contributed by atoms with Crippen LogP contribution in [0.3, 0.4) is 0 Å². The largest absolute Gasteiger partial charge is 0.481 e. The van der Waals surface area contributed by atoms with Crippen LogP contribution in [0.25, 0.3) is 0 Å². The Labute approximate surface area is 121 Å². The van der Waals surface area contributed by atoms with Crippen molar-refractivity contribution >= 4 is 17.5 Å². The van der Waals surface area contributed by atoms with Crippen molar-refractivity contribution in [2.24, 2.45) is 0 Å². The van der Waals surface area contributed by atoms with E-state index < -0.39 is 5.97 Å². The number of nitrogens with zero attached hydrogens (tertiary/aromatic N) is 2. The normalized spacial score (nSPS) is 11.3. The van der Waals surface area contributed by atoms with Crippen LogP contribution in [0.15, 0.2) is 24.3 Å². The van der Waals surface area contributed by atoms with Crippen molar-refractivity contribution in [3.8, 4) is 10.9 Å². The first-order chi connectivity index (χ1) is 9.36. The molecule has 20 heavy (non-hydrogen) atoms. The van der Waals surface area contributed by atoms with E-state index in [1.54, 1.807) is 24.3 Å². The summed E-state index contributed by atoms with van der Waals surface area (Å²) in [5, 5.41) is 9.31. The maximum atomic E-state index is 10.8. The number of carboxylic acids is 1. The van der Waals surface area contributed by atoms with Gasteiger partial charge in [0, 0.05) is 22.5 Å². The lowest BCUT2D eigenvalue weighted by Gasteiger charge is -2.12. The van der Waals surface area contributed by atoms with E-state index in [0.717, 1.165) is 0 Å². The molecule has 0 aliphatic carbocycles. The molecule has 0 saturated heterocycles. The number of hydrogen-bond acceptors (Lipinski definition) is 5. The highest BCUT2D eigenvalue weighted by molar-refractivity contribution is 7.07. The number of carbonyl (C=O) groups is 1. The molecule has 5 nitrogen and oxygen atoms in total. The van der Waals surface area contributed by atoms with E-state index in [-0.39, 0.29) is 11.8 Å². The summed E-state index contributed by atoms with van der Waals surface area (Å²) in [7, 11) is 0. The van der Waals surface area contributed by atoms with E-state index in [1.165, 1.54) is 11.5 Å². The first-order valence-electron chi connectivity index (χ1n) is 6.18. The van der Waals surface area contributed by atoms with Gasteiger partial charge in [0.05, 0.1) is 6.42 Å². The van der Waals surface area contributed by atoms with Gasteiger partial charge in [0.25, 0.3) is 5.19 Å². The van der Waals surface area contributed by atoms with Gasteiger partial charge in [0.1, 0.15) is 5.75 Å². The molecule has 0 aliphatic heterocycles. The molecule has 0 amide bonds. The fraction of sp³-hybridized carbons (Fsp3) is 0.357. The fourth-order valence-corrected chi connectivity index (χ4v) is 2.30.